The fourth-order valence-electron chi connectivity index (χ4n) is 2.84. The molecule has 100 valence electrons. The van der Waals surface area contributed by atoms with Gasteiger partial charge in [0.1, 0.15) is 11.8 Å². The van der Waals surface area contributed by atoms with Gasteiger partial charge in [-0.3, -0.25) is 4.79 Å². The highest BCUT2D eigenvalue weighted by Crippen LogP contribution is 2.44. The summed E-state index contributed by atoms with van der Waals surface area (Å²) in [5, 5.41) is 3.58. The van der Waals surface area contributed by atoms with Crippen LogP contribution in [0.1, 0.15) is 24.5 Å². The van der Waals surface area contributed by atoms with Crippen molar-refractivity contribution in [2.45, 2.75) is 24.3 Å². The van der Waals surface area contributed by atoms with E-state index < -0.39 is 11.0 Å². The number of ether oxygens (including phenoxy) is 1. The van der Waals surface area contributed by atoms with Gasteiger partial charge in [0.2, 0.25) is 5.91 Å². The summed E-state index contributed by atoms with van der Waals surface area (Å²) in [6.07, 6.45) is 0.919. The Balaban J connectivity index is 2.21. The fraction of sp³-hybridized carbons (Fsp3) is 0.429. The van der Waals surface area contributed by atoms with Crippen LogP contribution in [0.15, 0.2) is 18.2 Å². The number of hydrogen-bond donors (Lipinski definition) is 1. The number of halogens is 1. The maximum atomic E-state index is 12.4. The molecule has 3 rings (SSSR count). The van der Waals surface area contributed by atoms with Crippen molar-refractivity contribution in [1.29, 1.82) is 0 Å². The summed E-state index contributed by atoms with van der Waals surface area (Å²) in [6.45, 7) is 2.70. The average molecular weight is 280 g/mol. The van der Waals surface area contributed by atoms with Crippen molar-refractivity contribution in [2.24, 2.45) is 0 Å². The number of carbonyl (C=O) groups excluding carboxylic acids is 2. The second-order valence-corrected chi connectivity index (χ2v) is 5.86. The lowest BCUT2D eigenvalue weighted by molar-refractivity contribution is -0.143. The summed E-state index contributed by atoms with van der Waals surface area (Å²) in [5.74, 6) is -0.141. The van der Waals surface area contributed by atoms with Crippen LogP contribution in [0.3, 0.4) is 0 Å². The van der Waals surface area contributed by atoms with E-state index in [0.29, 0.717) is 18.2 Å². The van der Waals surface area contributed by atoms with E-state index in [1.165, 1.54) is 0 Å². The van der Waals surface area contributed by atoms with E-state index in [0.717, 1.165) is 17.4 Å². The summed E-state index contributed by atoms with van der Waals surface area (Å²) in [6, 6.07) is 5.52. The number of rotatable bonds is 2. The van der Waals surface area contributed by atoms with Crippen molar-refractivity contribution in [3.8, 4) is 0 Å². The highest BCUT2D eigenvalue weighted by molar-refractivity contribution is 6.30. The minimum atomic E-state index is -0.858. The van der Waals surface area contributed by atoms with Gasteiger partial charge in [-0.1, -0.05) is 17.7 Å². The van der Waals surface area contributed by atoms with Crippen molar-refractivity contribution < 1.29 is 14.3 Å². The lowest BCUT2D eigenvalue weighted by atomic mass is 9.68. The van der Waals surface area contributed by atoms with Crippen LogP contribution in [-0.2, 0) is 25.3 Å². The number of carbonyl (C=O) groups is 2. The quantitative estimate of drug-likeness (QED) is 0.836. The van der Waals surface area contributed by atoms with E-state index in [9.17, 15) is 9.59 Å². The van der Waals surface area contributed by atoms with E-state index >= 15 is 0 Å². The second-order valence-electron chi connectivity index (χ2n) is 5.42. The summed E-state index contributed by atoms with van der Waals surface area (Å²) >= 11 is 6.05. The third-order valence-electron chi connectivity index (χ3n) is 4.13. The van der Waals surface area contributed by atoms with Gasteiger partial charge in [-0.2, -0.15) is 0 Å². The smallest absolute Gasteiger partial charge is 0.231 e. The highest BCUT2D eigenvalue weighted by atomic mass is 35.5. The molecule has 0 aliphatic carbocycles. The van der Waals surface area contributed by atoms with Crippen LogP contribution in [0.25, 0.3) is 0 Å². The Morgan fingerprint density at radius 3 is 2.74 bits per heavy atom. The summed E-state index contributed by atoms with van der Waals surface area (Å²) in [4.78, 5) is 23.3. The predicted octanol–water partition coefficient (Wildman–Crippen LogP) is 1.54. The first-order valence-corrected chi connectivity index (χ1v) is 6.54. The molecule has 1 amide bonds. The second kappa shape index (κ2) is 4.05. The Labute approximate surface area is 116 Å². The molecule has 1 N–H and O–H groups in total. The van der Waals surface area contributed by atoms with Crippen LogP contribution >= 0.6 is 11.6 Å². The Hall–Kier alpha value is -1.39. The number of aldehydes is 1. The van der Waals surface area contributed by atoms with Gasteiger partial charge in [0.15, 0.2) is 0 Å². The summed E-state index contributed by atoms with van der Waals surface area (Å²) in [5.41, 5.74) is 0.536. The Kier molecular flexibility index (Phi) is 2.69. The van der Waals surface area contributed by atoms with E-state index in [4.69, 9.17) is 16.3 Å². The number of nitrogens with one attached hydrogen (secondary N) is 1. The Bertz CT molecular complexity index is 568. The normalized spacial score (nSPS) is 27.4. The topological polar surface area (TPSA) is 55.4 Å². The van der Waals surface area contributed by atoms with Crippen LogP contribution in [0, 0.1) is 0 Å². The Morgan fingerprint density at radius 1 is 1.42 bits per heavy atom. The number of fused-ring (bicyclic) bond motifs is 2. The zero-order valence-corrected chi connectivity index (χ0v) is 11.3. The molecule has 19 heavy (non-hydrogen) atoms. The zero-order valence-electron chi connectivity index (χ0n) is 10.5. The maximum Gasteiger partial charge on any atom is 0.231 e. The molecule has 1 atom stereocenters. The molecule has 1 fully saturated rings. The van der Waals surface area contributed by atoms with Gasteiger partial charge in [-0.15, -0.1) is 0 Å². The largest absolute Gasteiger partial charge is 0.376 e. The summed E-state index contributed by atoms with van der Waals surface area (Å²) in [7, 11) is 0. The summed E-state index contributed by atoms with van der Waals surface area (Å²) < 4.78 is 5.26. The molecule has 1 unspecified atom stereocenters. The molecular formula is C14H14ClNO3. The van der Waals surface area contributed by atoms with Crippen molar-refractivity contribution in [3.63, 3.8) is 0 Å². The molecule has 0 radical (unpaired) electrons. The number of benzene rings is 1. The van der Waals surface area contributed by atoms with Gasteiger partial charge in [0, 0.05) is 11.4 Å². The molecule has 0 aromatic heterocycles. The van der Waals surface area contributed by atoms with Gasteiger partial charge >= 0.3 is 0 Å². The van der Waals surface area contributed by atoms with Crippen molar-refractivity contribution in [2.75, 3.05) is 13.2 Å². The highest BCUT2D eigenvalue weighted by Gasteiger charge is 2.53. The molecule has 1 spiro atoms. The molecule has 1 saturated heterocycles. The minimum absolute atomic E-state index is 0.141. The molecule has 1 aromatic rings. The monoisotopic (exact) mass is 279 g/mol. The first kappa shape index (κ1) is 12.6. The van der Waals surface area contributed by atoms with Gasteiger partial charge < -0.3 is 14.8 Å². The fourth-order valence-corrected chi connectivity index (χ4v) is 3.01. The Morgan fingerprint density at radius 2 is 2.16 bits per heavy atom. The van der Waals surface area contributed by atoms with Crippen LogP contribution in [0.5, 0.6) is 0 Å². The first-order valence-electron chi connectivity index (χ1n) is 6.16. The standard InChI is InChI=1S/C14H14ClNO3/c1-13(4-5-17)11-6-9(15)2-3-10(11)14(7-19-8-14)16-12(13)18/h2-3,5-6H,4,7-8H2,1H3,(H,16,18). The lowest BCUT2D eigenvalue weighted by Crippen LogP contribution is -2.66. The van der Waals surface area contributed by atoms with Gasteiger partial charge in [0.05, 0.1) is 18.6 Å². The molecule has 0 saturated carbocycles. The molecule has 2 aliphatic rings. The van der Waals surface area contributed by atoms with Crippen LogP contribution in [0.4, 0.5) is 0 Å². The number of hydrogen-bond acceptors (Lipinski definition) is 3. The third kappa shape index (κ3) is 1.63. The third-order valence-corrected chi connectivity index (χ3v) is 4.37. The molecule has 4 nitrogen and oxygen atoms in total. The predicted molar refractivity (Wildman–Crippen MR) is 70.1 cm³/mol. The van der Waals surface area contributed by atoms with Crippen LogP contribution in [-0.4, -0.2) is 25.4 Å². The lowest BCUT2D eigenvalue weighted by Gasteiger charge is -2.50. The average Bonchev–Trinajstić information content (AvgIpc) is 2.33. The molecule has 1 aromatic carbocycles. The van der Waals surface area contributed by atoms with Crippen LogP contribution in [0.2, 0.25) is 5.02 Å². The van der Waals surface area contributed by atoms with Gasteiger partial charge in [0.25, 0.3) is 0 Å². The zero-order chi connectivity index (χ0) is 13.7. The van der Waals surface area contributed by atoms with Gasteiger partial charge in [-0.05, 0) is 30.2 Å². The molecular weight excluding hydrogens is 266 g/mol. The molecule has 0 bridgehead atoms. The van der Waals surface area contributed by atoms with Crippen molar-refractivity contribution in [1.82, 2.24) is 5.32 Å². The van der Waals surface area contributed by atoms with Crippen molar-refractivity contribution >= 4 is 23.8 Å². The minimum Gasteiger partial charge on any atom is -0.376 e. The van der Waals surface area contributed by atoms with E-state index in [1.807, 2.05) is 6.07 Å². The maximum absolute atomic E-state index is 12.4. The van der Waals surface area contributed by atoms with Crippen LogP contribution < -0.4 is 5.32 Å². The van der Waals surface area contributed by atoms with Gasteiger partial charge in [-0.25, -0.2) is 0 Å². The molecule has 2 heterocycles. The first-order chi connectivity index (χ1) is 9.02. The van der Waals surface area contributed by atoms with E-state index in [-0.39, 0.29) is 12.3 Å². The number of amides is 1. The SMILES string of the molecule is CC1(CC=O)C(=O)NC2(COC2)c2ccc(Cl)cc21. The molecule has 5 heteroatoms. The molecule has 2 aliphatic heterocycles. The van der Waals surface area contributed by atoms with E-state index in [2.05, 4.69) is 5.32 Å². The van der Waals surface area contributed by atoms with Crippen molar-refractivity contribution in [3.05, 3.63) is 34.3 Å². The van der Waals surface area contributed by atoms with E-state index in [1.54, 1.807) is 19.1 Å².